The summed E-state index contributed by atoms with van der Waals surface area (Å²) in [6, 6.07) is 10.0. The molecule has 2 unspecified atom stereocenters. The van der Waals surface area contributed by atoms with Gasteiger partial charge in [0.05, 0.1) is 12.4 Å². The molecule has 1 aliphatic heterocycles. The van der Waals surface area contributed by atoms with Crippen molar-refractivity contribution in [2.75, 3.05) is 13.2 Å². The highest BCUT2D eigenvalue weighted by atomic mass is 16.5. The van der Waals surface area contributed by atoms with Crippen LogP contribution in [0.15, 0.2) is 35.3 Å². The summed E-state index contributed by atoms with van der Waals surface area (Å²) >= 11 is 0. The van der Waals surface area contributed by atoms with Crippen molar-refractivity contribution >= 4 is 11.8 Å². The van der Waals surface area contributed by atoms with Crippen LogP contribution < -0.4 is 5.32 Å². The van der Waals surface area contributed by atoms with Crippen LogP contribution in [0.1, 0.15) is 31.7 Å². The van der Waals surface area contributed by atoms with E-state index in [1.165, 1.54) is 5.56 Å². The van der Waals surface area contributed by atoms with Crippen LogP contribution in [0.2, 0.25) is 0 Å². The Morgan fingerprint density at radius 1 is 1.47 bits per heavy atom. The number of carbonyl (C=O) groups is 1. The Kier molecular flexibility index (Phi) is 4.55. The van der Waals surface area contributed by atoms with E-state index in [9.17, 15) is 4.79 Å². The van der Waals surface area contributed by atoms with Gasteiger partial charge in [0.25, 0.3) is 0 Å². The predicted octanol–water partition coefficient (Wildman–Crippen LogP) is 2.11. The third-order valence-corrected chi connectivity index (χ3v) is 3.24. The van der Waals surface area contributed by atoms with Crippen molar-refractivity contribution in [2.24, 2.45) is 4.99 Å². The minimum atomic E-state index is -0.340. The molecule has 0 saturated heterocycles. The molecule has 0 fully saturated rings. The number of nitrogens with one attached hydrogen (secondary N) is 1. The van der Waals surface area contributed by atoms with Crippen molar-refractivity contribution in [1.29, 1.82) is 0 Å². The predicted molar refractivity (Wildman–Crippen MR) is 75.3 cm³/mol. The molecule has 19 heavy (non-hydrogen) atoms. The zero-order valence-corrected chi connectivity index (χ0v) is 11.4. The highest BCUT2D eigenvalue weighted by Gasteiger charge is 2.23. The first-order chi connectivity index (χ1) is 9.20. The van der Waals surface area contributed by atoms with Gasteiger partial charge in [-0.15, -0.1) is 0 Å². The molecule has 0 saturated carbocycles. The van der Waals surface area contributed by atoms with Crippen LogP contribution in [0.5, 0.6) is 0 Å². The zero-order chi connectivity index (χ0) is 13.7. The molecule has 2 rings (SSSR count). The molecule has 1 aliphatic rings. The fraction of sp³-hybridized carbons (Fsp3) is 0.467. The fourth-order valence-corrected chi connectivity index (χ4v) is 2.21. The zero-order valence-electron chi connectivity index (χ0n) is 11.4. The number of hydrogen-bond donors (Lipinski definition) is 1. The third kappa shape index (κ3) is 3.56. The van der Waals surface area contributed by atoms with Gasteiger partial charge in [0, 0.05) is 18.9 Å². The SMILES string of the molecule is CCOC(=O)C(C)NC1=NCC(c2ccccc2)C1. The first-order valence-electron chi connectivity index (χ1n) is 6.72. The molecule has 0 spiro atoms. The van der Waals surface area contributed by atoms with Crippen LogP contribution >= 0.6 is 0 Å². The van der Waals surface area contributed by atoms with Crippen LogP contribution in [-0.2, 0) is 9.53 Å². The monoisotopic (exact) mass is 260 g/mol. The number of nitrogens with zero attached hydrogens (tertiary/aromatic N) is 1. The van der Waals surface area contributed by atoms with Gasteiger partial charge in [-0.05, 0) is 19.4 Å². The second-order valence-corrected chi connectivity index (χ2v) is 4.72. The molecule has 2 atom stereocenters. The van der Waals surface area contributed by atoms with Gasteiger partial charge >= 0.3 is 5.97 Å². The molecule has 1 heterocycles. The second kappa shape index (κ2) is 6.36. The molecule has 0 amide bonds. The Balaban J connectivity index is 1.87. The van der Waals surface area contributed by atoms with Gasteiger partial charge in [0.15, 0.2) is 0 Å². The second-order valence-electron chi connectivity index (χ2n) is 4.72. The van der Waals surface area contributed by atoms with Crippen LogP contribution in [0, 0.1) is 0 Å². The topological polar surface area (TPSA) is 50.7 Å². The molecular formula is C15H20N2O2. The lowest BCUT2D eigenvalue weighted by Gasteiger charge is -2.14. The van der Waals surface area contributed by atoms with Gasteiger partial charge in [-0.1, -0.05) is 30.3 Å². The molecule has 4 heteroatoms. The van der Waals surface area contributed by atoms with Crippen LogP contribution in [0.3, 0.4) is 0 Å². The van der Waals surface area contributed by atoms with E-state index in [0.717, 1.165) is 18.8 Å². The molecule has 1 N–H and O–H groups in total. The summed E-state index contributed by atoms with van der Waals surface area (Å²) < 4.78 is 4.97. The lowest BCUT2D eigenvalue weighted by Crippen LogP contribution is -2.39. The van der Waals surface area contributed by atoms with Crippen molar-refractivity contribution in [3.8, 4) is 0 Å². The normalized spacial score (nSPS) is 19.7. The fourth-order valence-electron chi connectivity index (χ4n) is 2.21. The summed E-state index contributed by atoms with van der Waals surface area (Å²) in [5.41, 5.74) is 1.30. The molecule has 1 aromatic rings. The maximum absolute atomic E-state index is 11.5. The molecule has 4 nitrogen and oxygen atoms in total. The van der Waals surface area contributed by atoms with Gasteiger partial charge in [-0.3, -0.25) is 4.99 Å². The number of aliphatic imine (C=N–C) groups is 1. The number of hydrogen-bond acceptors (Lipinski definition) is 4. The number of amidine groups is 1. The summed E-state index contributed by atoms with van der Waals surface area (Å²) in [6.45, 7) is 4.80. The van der Waals surface area contributed by atoms with E-state index >= 15 is 0 Å². The Hall–Kier alpha value is -1.84. The van der Waals surface area contributed by atoms with Crippen molar-refractivity contribution < 1.29 is 9.53 Å². The third-order valence-electron chi connectivity index (χ3n) is 3.24. The standard InChI is InChI=1S/C15H20N2O2/c1-3-19-15(18)11(2)17-14-9-13(10-16-14)12-7-5-4-6-8-12/h4-8,11,13H,3,9-10H2,1-2H3,(H,16,17). The highest BCUT2D eigenvalue weighted by Crippen LogP contribution is 2.24. The van der Waals surface area contributed by atoms with E-state index in [0.29, 0.717) is 12.5 Å². The van der Waals surface area contributed by atoms with E-state index in [1.807, 2.05) is 25.1 Å². The van der Waals surface area contributed by atoms with E-state index in [-0.39, 0.29) is 12.0 Å². The number of rotatable bonds is 4. The van der Waals surface area contributed by atoms with E-state index in [2.05, 4.69) is 22.4 Å². The molecule has 0 aliphatic carbocycles. The summed E-state index contributed by atoms with van der Waals surface area (Å²) in [5.74, 6) is 1.08. The smallest absolute Gasteiger partial charge is 0.328 e. The number of ether oxygens (including phenoxy) is 1. The Bertz CT molecular complexity index is 456. The first-order valence-corrected chi connectivity index (χ1v) is 6.72. The molecule has 0 radical (unpaired) electrons. The Morgan fingerprint density at radius 2 is 2.21 bits per heavy atom. The van der Waals surface area contributed by atoms with Crippen molar-refractivity contribution in [3.05, 3.63) is 35.9 Å². The van der Waals surface area contributed by atoms with Gasteiger partial charge in [0.1, 0.15) is 6.04 Å². The summed E-state index contributed by atoms with van der Waals surface area (Å²) in [5, 5.41) is 3.14. The number of benzene rings is 1. The van der Waals surface area contributed by atoms with Crippen LogP contribution in [-0.4, -0.2) is 31.0 Å². The first kappa shape index (κ1) is 13.6. The lowest BCUT2D eigenvalue weighted by atomic mass is 9.97. The molecular weight excluding hydrogens is 240 g/mol. The highest BCUT2D eigenvalue weighted by molar-refractivity contribution is 5.89. The van der Waals surface area contributed by atoms with Gasteiger partial charge < -0.3 is 10.1 Å². The largest absolute Gasteiger partial charge is 0.464 e. The summed E-state index contributed by atoms with van der Waals surface area (Å²) in [6.07, 6.45) is 0.855. The van der Waals surface area contributed by atoms with Crippen molar-refractivity contribution in [1.82, 2.24) is 5.32 Å². The van der Waals surface area contributed by atoms with Gasteiger partial charge in [0.2, 0.25) is 0 Å². The van der Waals surface area contributed by atoms with Gasteiger partial charge in [-0.2, -0.15) is 0 Å². The van der Waals surface area contributed by atoms with Crippen LogP contribution in [0.25, 0.3) is 0 Å². The number of esters is 1. The van der Waals surface area contributed by atoms with E-state index in [1.54, 1.807) is 6.92 Å². The Labute approximate surface area is 113 Å². The lowest BCUT2D eigenvalue weighted by molar-refractivity contribution is -0.144. The molecule has 102 valence electrons. The minimum Gasteiger partial charge on any atom is -0.464 e. The van der Waals surface area contributed by atoms with E-state index in [4.69, 9.17) is 4.74 Å². The average Bonchev–Trinajstić information content (AvgIpc) is 2.88. The van der Waals surface area contributed by atoms with Gasteiger partial charge in [-0.25, -0.2) is 4.79 Å². The average molecular weight is 260 g/mol. The summed E-state index contributed by atoms with van der Waals surface area (Å²) in [7, 11) is 0. The maximum Gasteiger partial charge on any atom is 0.328 e. The van der Waals surface area contributed by atoms with Crippen molar-refractivity contribution in [3.63, 3.8) is 0 Å². The van der Waals surface area contributed by atoms with Crippen molar-refractivity contribution in [2.45, 2.75) is 32.2 Å². The van der Waals surface area contributed by atoms with E-state index < -0.39 is 0 Å². The number of carbonyl (C=O) groups excluding carboxylic acids is 1. The quantitative estimate of drug-likeness (QED) is 0.844. The molecule has 0 aromatic heterocycles. The maximum atomic E-state index is 11.5. The molecule has 0 bridgehead atoms. The minimum absolute atomic E-state index is 0.228. The Morgan fingerprint density at radius 3 is 2.89 bits per heavy atom. The summed E-state index contributed by atoms with van der Waals surface area (Å²) in [4.78, 5) is 16.0. The van der Waals surface area contributed by atoms with Crippen LogP contribution in [0.4, 0.5) is 0 Å². The molecule has 1 aromatic carbocycles.